The molecule has 1 aliphatic heterocycles. The second-order valence-corrected chi connectivity index (χ2v) is 7.00. The minimum atomic E-state index is -0.103. The summed E-state index contributed by atoms with van der Waals surface area (Å²) in [5.41, 5.74) is 4.36. The van der Waals surface area contributed by atoms with Crippen LogP contribution in [0.4, 0.5) is 10.5 Å². The molecule has 0 unspecified atom stereocenters. The van der Waals surface area contributed by atoms with E-state index in [-0.39, 0.29) is 11.9 Å². The van der Waals surface area contributed by atoms with Gasteiger partial charge >= 0.3 is 6.03 Å². The molecule has 1 aliphatic rings. The van der Waals surface area contributed by atoms with Crippen LogP contribution in [0.15, 0.2) is 48.5 Å². The maximum absolute atomic E-state index is 12.3. The Morgan fingerprint density at radius 3 is 2.26 bits per heavy atom. The molecule has 0 radical (unpaired) electrons. The summed E-state index contributed by atoms with van der Waals surface area (Å²) in [6.07, 6.45) is 2.57. The Balaban J connectivity index is 1.49. The van der Waals surface area contributed by atoms with Gasteiger partial charge in [-0.2, -0.15) is 0 Å². The fourth-order valence-electron chi connectivity index (χ4n) is 3.25. The standard InChI is InChI=1S/C22H27N3O2/c1-3-17-6-8-19(9-7-17)16-24(2)22(27)23-15-18-10-12-20(13-11-18)25-14-4-5-21(25)26/h6-13H,3-5,14-16H2,1-2H3,(H,23,27). The van der Waals surface area contributed by atoms with Crippen LogP contribution in [-0.2, 0) is 24.3 Å². The lowest BCUT2D eigenvalue weighted by Crippen LogP contribution is -2.36. The lowest BCUT2D eigenvalue weighted by Gasteiger charge is -2.19. The van der Waals surface area contributed by atoms with E-state index in [1.807, 2.05) is 29.2 Å². The quantitative estimate of drug-likeness (QED) is 0.848. The lowest BCUT2D eigenvalue weighted by atomic mass is 10.1. The number of hydrogen-bond acceptors (Lipinski definition) is 2. The van der Waals surface area contributed by atoms with Gasteiger partial charge in [0, 0.05) is 38.8 Å². The highest BCUT2D eigenvalue weighted by molar-refractivity contribution is 5.95. The van der Waals surface area contributed by atoms with Crippen LogP contribution in [0, 0.1) is 0 Å². The Labute approximate surface area is 161 Å². The molecule has 142 valence electrons. The third-order valence-corrected chi connectivity index (χ3v) is 4.96. The zero-order valence-corrected chi connectivity index (χ0v) is 16.1. The van der Waals surface area contributed by atoms with Crippen LogP contribution < -0.4 is 10.2 Å². The molecular weight excluding hydrogens is 338 g/mol. The van der Waals surface area contributed by atoms with Crippen molar-refractivity contribution in [2.24, 2.45) is 0 Å². The highest BCUT2D eigenvalue weighted by Gasteiger charge is 2.21. The fraction of sp³-hybridized carbons (Fsp3) is 0.364. The largest absolute Gasteiger partial charge is 0.334 e. The minimum absolute atomic E-state index is 0.103. The minimum Gasteiger partial charge on any atom is -0.334 e. The molecule has 2 aromatic carbocycles. The van der Waals surface area contributed by atoms with E-state index >= 15 is 0 Å². The number of nitrogens with one attached hydrogen (secondary N) is 1. The van der Waals surface area contributed by atoms with E-state index in [9.17, 15) is 9.59 Å². The molecule has 5 nitrogen and oxygen atoms in total. The highest BCUT2D eigenvalue weighted by atomic mass is 16.2. The molecule has 27 heavy (non-hydrogen) atoms. The zero-order valence-electron chi connectivity index (χ0n) is 16.1. The molecule has 1 N–H and O–H groups in total. The molecule has 1 heterocycles. The topological polar surface area (TPSA) is 52.7 Å². The number of nitrogens with zero attached hydrogens (tertiary/aromatic N) is 2. The van der Waals surface area contributed by atoms with Crippen molar-refractivity contribution in [3.63, 3.8) is 0 Å². The van der Waals surface area contributed by atoms with Crippen LogP contribution in [-0.4, -0.2) is 30.4 Å². The van der Waals surface area contributed by atoms with Gasteiger partial charge in [0.05, 0.1) is 0 Å². The number of carbonyl (C=O) groups excluding carboxylic acids is 2. The molecule has 5 heteroatoms. The molecule has 1 saturated heterocycles. The summed E-state index contributed by atoms with van der Waals surface area (Å²) in [5, 5.41) is 2.95. The van der Waals surface area contributed by atoms with Gasteiger partial charge in [-0.3, -0.25) is 4.79 Å². The third-order valence-electron chi connectivity index (χ3n) is 4.96. The molecule has 1 fully saturated rings. The van der Waals surface area contributed by atoms with E-state index in [1.54, 1.807) is 11.9 Å². The Morgan fingerprint density at radius 2 is 1.67 bits per heavy atom. The molecule has 0 atom stereocenters. The molecular formula is C22H27N3O2. The van der Waals surface area contributed by atoms with Gasteiger partial charge in [0.25, 0.3) is 0 Å². The van der Waals surface area contributed by atoms with Crippen molar-refractivity contribution >= 4 is 17.6 Å². The summed E-state index contributed by atoms with van der Waals surface area (Å²) in [7, 11) is 1.80. The number of carbonyl (C=O) groups is 2. The number of aryl methyl sites for hydroxylation is 1. The first-order valence-corrected chi connectivity index (χ1v) is 9.53. The average molecular weight is 365 g/mol. The fourth-order valence-corrected chi connectivity index (χ4v) is 3.25. The SMILES string of the molecule is CCc1ccc(CN(C)C(=O)NCc2ccc(N3CCCC3=O)cc2)cc1. The Hall–Kier alpha value is -2.82. The van der Waals surface area contributed by atoms with E-state index in [4.69, 9.17) is 0 Å². The predicted molar refractivity (Wildman–Crippen MR) is 108 cm³/mol. The van der Waals surface area contributed by atoms with Gasteiger partial charge in [0.15, 0.2) is 0 Å². The van der Waals surface area contributed by atoms with Crippen LogP contribution >= 0.6 is 0 Å². The van der Waals surface area contributed by atoms with Crippen molar-refractivity contribution in [3.8, 4) is 0 Å². The molecule has 3 amide bonds. The number of hydrogen-bond donors (Lipinski definition) is 1. The van der Waals surface area contributed by atoms with Crippen LogP contribution in [0.25, 0.3) is 0 Å². The number of amides is 3. The Morgan fingerprint density at radius 1 is 1.04 bits per heavy atom. The molecule has 0 saturated carbocycles. The van der Waals surface area contributed by atoms with Crippen molar-refractivity contribution in [3.05, 3.63) is 65.2 Å². The number of rotatable bonds is 6. The van der Waals surface area contributed by atoms with E-state index in [1.165, 1.54) is 5.56 Å². The number of urea groups is 1. The van der Waals surface area contributed by atoms with Crippen LogP contribution in [0.2, 0.25) is 0 Å². The summed E-state index contributed by atoms with van der Waals surface area (Å²) in [4.78, 5) is 27.6. The van der Waals surface area contributed by atoms with Crippen molar-refractivity contribution in [2.75, 3.05) is 18.5 Å². The van der Waals surface area contributed by atoms with Crippen molar-refractivity contribution < 1.29 is 9.59 Å². The first-order valence-electron chi connectivity index (χ1n) is 9.53. The van der Waals surface area contributed by atoms with E-state index < -0.39 is 0 Å². The summed E-state index contributed by atoms with van der Waals surface area (Å²) >= 11 is 0. The van der Waals surface area contributed by atoms with Gasteiger partial charge < -0.3 is 15.1 Å². The second kappa shape index (κ2) is 8.71. The van der Waals surface area contributed by atoms with Crippen molar-refractivity contribution in [1.82, 2.24) is 10.2 Å². The van der Waals surface area contributed by atoms with Gasteiger partial charge in [-0.05, 0) is 41.7 Å². The van der Waals surface area contributed by atoms with Gasteiger partial charge in [0.1, 0.15) is 0 Å². The van der Waals surface area contributed by atoms with Crippen molar-refractivity contribution in [2.45, 2.75) is 39.3 Å². The summed E-state index contributed by atoms with van der Waals surface area (Å²) in [5.74, 6) is 0.185. The zero-order chi connectivity index (χ0) is 19.2. The maximum atomic E-state index is 12.3. The first-order chi connectivity index (χ1) is 13.1. The molecule has 2 aromatic rings. The summed E-state index contributed by atoms with van der Waals surface area (Å²) < 4.78 is 0. The third kappa shape index (κ3) is 4.88. The van der Waals surface area contributed by atoms with Gasteiger partial charge in [-0.1, -0.05) is 43.3 Å². The number of benzene rings is 2. The molecule has 0 aliphatic carbocycles. The van der Waals surface area contributed by atoms with E-state index in [0.29, 0.717) is 19.5 Å². The normalized spacial score (nSPS) is 13.7. The van der Waals surface area contributed by atoms with Gasteiger partial charge in [-0.15, -0.1) is 0 Å². The Kier molecular flexibility index (Phi) is 6.12. The molecule has 0 aromatic heterocycles. The van der Waals surface area contributed by atoms with E-state index in [0.717, 1.165) is 36.2 Å². The first kappa shape index (κ1) is 19.0. The molecule has 0 bridgehead atoms. The maximum Gasteiger partial charge on any atom is 0.317 e. The predicted octanol–water partition coefficient (Wildman–Crippen LogP) is 3.72. The van der Waals surface area contributed by atoms with E-state index in [2.05, 4.69) is 36.5 Å². The summed E-state index contributed by atoms with van der Waals surface area (Å²) in [6, 6.07) is 16.1. The highest BCUT2D eigenvalue weighted by Crippen LogP contribution is 2.21. The average Bonchev–Trinajstić information content (AvgIpc) is 3.13. The number of anilines is 1. The van der Waals surface area contributed by atoms with Crippen LogP contribution in [0.3, 0.4) is 0 Å². The Bertz CT molecular complexity index is 784. The van der Waals surface area contributed by atoms with Crippen molar-refractivity contribution in [1.29, 1.82) is 0 Å². The summed E-state index contributed by atoms with van der Waals surface area (Å²) in [6.45, 7) is 3.96. The second-order valence-electron chi connectivity index (χ2n) is 7.00. The van der Waals surface area contributed by atoms with Crippen LogP contribution in [0.1, 0.15) is 36.5 Å². The van der Waals surface area contributed by atoms with Gasteiger partial charge in [-0.25, -0.2) is 4.79 Å². The monoisotopic (exact) mass is 365 g/mol. The molecule has 0 spiro atoms. The smallest absolute Gasteiger partial charge is 0.317 e. The van der Waals surface area contributed by atoms with Gasteiger partial charge in [0.2, 0.25) is 5.91 Å². The van der Waals surface area contributed by atoms with Crippen LogP contribution in [0.5, 0.6) is 0 Å². The molecule has 3 rings (SSSR count). The lowest BCUT2D eigenvalue weighted by molar-refractivity contribution is -0.117.